The summed E-state index contributed by atoms with van der Waals surface area (Å²) >= 11 is 1.21. The normalized spacial score (nSPS) is 17.6. The lowest BCUT2D eigenvalue weighted by molar-refractivity contribution is -0.895. The van der Waals surface area contributed by atoms with Gasteiger partial charge in [-0.1, -0.05) is 19.9 Å². The number of amides is 1. The van der Waals surface area contributed by atoms with E-state index in [1.54, 1.807) is 17.5 Å². The van der Waals surface area contributed by atoms with Crippen molar-refractivity contribution >= 4 is 33.2 Å². The number of carbonyl (C=O) groups excluding carboxylic acids is 2. The number of nitrogens with one attached hydrogen (secondary N) is 2. The maximum absolute atomic E-state index is 12.5. The standard InChI is InChI=1S/C17H27N3O5S2/c1-13(2)11-14(17(22)25-3)18-15(21)12-19-6-8-20(9-7-19)27(23,24)16-5-4-10-26-16/h4-5,10,13-14H,6-9,11-12H2,1-3H3,(H,18,21)/p+1/t14-/m0/s1. The molecule has 0 unspecified atom stereocenters. The number of thiophene rings is 1. The van der Waals surface area contributed by atoms with Crippen LogP contribution < -0.4 is 10.2 Å². The fraction of sp³-hybridized carbons (Fsp3) is 0.647. The quantitative estimate of drug-likeness (QED) is 0.547. The minimum Gasteiger partial charge on any atom is -0.467 e. The molecule has 1 aliphatic heterocycles. The van der Waals surface area contributed by atoms with Crippen LogP contribution in [0.25, 0.3) is 0 Å². The second-order valence-corrected chi connectivity index (χ2v) is 10.1. The zero-order valence-corrected chi connectivity index (χ0v) is 17.6. The molecule has 8 nitrogen and oxygen atoms in total. The van der Waals surface area contributed by atoms with Gasteiger partial charge >= 0.3 is 5.97 Å². The van der Waals surface area contributed by atoms with E-state index < -0.39 is 22.0 Å². The van der Waals surface area contributed by atoms with Gasteiger partial charge in [-0.2, -0.15) is 4.31 Å². The third kappa shape index (κ3) is 6.00. The van der Waals surface area contributed by atoms with E-state index in [0.717, 1.165) is 4.90 Å². The van der Waals surface area contributed by atoms with Gasteiger partial charge in [-0.15, -0.1) is 11.3 Å². The van der Waals surface area contributed by atoms with Crippen molar-refractivity contribution in [2.75, 3.05) is 39.8 Å². The zero-order chi connectivity index (χ0) is 20.0. The number of quaternary nitrogens is 1. The topological polar surface area (TPSA) is 97.2 Å². The van der Waals surface area contributed by atoms with Crippen LogP contribution in [0.1, 0.15) is 20.3 Å². The fourth-order valence-electron chi connectivity index (χ4n) is 3.06. The molecule has 2 rings (SSSR count). The first-order chi connectivity index (χ1) is 12.7. The molecule has 1 aromatic heterocycles. The van der Waals surface area contributed by atoms with Gasteiger partial charge < -0.3 is 15.0 Å². The molecule has 1 amide bonds. The summed E-state index contributed by atoms with van der Waals surface area (Å²) < 4.78 is 31.6. The van der Waals surface area contributed by atoms with Gasteiger partial charge in [0.2, 0.25) is 0 Å². The van der Waals surface area contributed by atoms with Crippen LogP contribution >= 0.6 is 11.3 Å². The highest BCUT2D eigenvalue weighted by Gasteiger charge is 2.32. The Morgan fingerprint density at radius 1 is 1.33 bits per heavy atom. The maximum atomic E-state index is 12.5. The number of ether oxygens (including phenoxy) is 1. The third-order valence-corrected chi connectivity index (χ3v) is 7.73. The molecule has 10 heteroatoms. The summed E-state index contributed by atoms with van der Waals surface area (Å²) in [5, 5.41) is 4.49. The average molecular weight is 419 g/mol. The molecule has 152 valence electrons. The lowest BCUT2D eigenvalue weighted by Crippen LogP contribution is -3.15. The number of methoxy groups -OCH3 is 1. The van der Waals surface area contributed by atoms with Crippen LogP contribution in [0.15, 0.2) is 21.7 Å². The number of sulfonamides is 1. The fourth-order valence-corrected chi connectivity index (χ4v) is 5.64. The molecule has 1 aromatic rings. The summed E-state index contributed by atoms with van der Waals surface area (Å²) in [6, 6.07) is 2.68. The van der Waals surface area contributed by atoms with E-state index in [9.17, 15) is 18.0 Å². The lowest BCUT2D eigenvalue weighted by atomic mass is 10.0. The van der Waals surface area contributed by atoms with Crippen molar-refractivity contribution in [1.29, 1.82) is 0 Å². The van der Waals surface area contributed by atoms with E-state index in [1.807, 2.05) is 13.8 Å². The first-order valence-corrected chi connectivity index (χ1v) is 11.3. The van der Waals surface area contributed by atoms with Gasteiger partial charge in [0.15, 0.2) is 6.54 Å². The zero-order valence-electron chi connectivity index (χ0n) is 15.9. The van der Waals surface area contributed by atoms with Crippen molar-refractivity contribution in [1.82, 2.24) is 9.62 Å². The number of hydrogen-bond acceptors (Lipinski definition) is 6. The highest BCUT2D eigenvalue weighted by atomic mass is 32.2. The van der Waals surface area contributed by atoms with Crippen LogP contribution in [0.5, 0.6) is 0 Å². The van der Waals surface area contributed by atoms with Crippen LogP contribution in [-0.4, -0.2) is 70.5 Å². The summed E-state index contributed by atoms with van der Waals surface area (Å²) in [7, 11) is -2.14. The Morgan fingerprint density at radius 3 is 2.52 bits per heavy atom. The van der Waals surface area contributed by atoms with Crippen LogP contribution in [0.3, 0.4) is 0 Å². The van der Waals surface area contributed by atoms with Crippen molar-refractivity contribution in [2.45, 2.75) is 30.5 Å². The first-order valence-electron chi connectivity index (χ1n) is 8.98. The van der Waals surface area contributed by atoms with Crippen molar-refractivity contribution in [3.8, 4) is 0 Å². The number of hydrogen-bond donors (Lipinski definition) is 2. The van der Waals surface area contributed by atoms with Gasteiger partial charge in [0.05, 0.1) is 33.3 Å². The molecular formula is C17H28N3O5S2+. The second-order valence-electron chi connectivity index (χ2n) is 7.04. The van der Waals surface area contributed by atoms with Crippen molar-refractivity contribution in [3.05, 3.63) is 17.5 Å². The monoisotopic (exact) mass is 418 g/mol. The molecule has 27 heavy (non-hydrogen) atoms. The molecule has 0 spiro atoms. The van der Waals surface area contributed by atoms with Gasteiger partial charge in [0, 0.05) is 0 Å². The Balaban J connectivity index is 1.86. The number of esters is 1. The number of nitrogens with zero attached hydrogens (tertiary/aromatic N) is 1. The Bertz CT molecular complexity index is 726. The largest absolute Gasteiger partial charge is 0.467 e. The van der Waals surface area contributed by atoms with Gasteiger partial charge in [0.1, 0.15) is 10.3 Å². The minimum absolute atomic E-state index is 0.207. The van der Waals surface area contributed by atoms with Crippen LogP contribution in [0.2, 0.25) is 0 Å². The molecule has 1 atom stereocenters. The summed E-state index contributed by atoms with van der Waals surface area (Å²) in [4.78, 5) is 25.1. The SMILES string of the molecule is COC(=O)[C@H](CC(C)C)NC(=O)C[NH+]1CCN(S(=O)(=O)c2cccs2)CC1. The smallest absolute Gasteiger partial charge is 0.328 e. The highest BCUT2D eigenvalue weighted by Crippen LogP contribution is 2.20. The molecule has 1 saturated heterocycles. The summed E-state index contributed by atoms with van der Waals surface area (Å²) in [5.41, 5.74) is 0. The third-order valence-electron chi connectivity index (χ3n) is 4.46. The molecular weight excluding hydrogens is 390 g/mol. The van der Waals surface area contributed by atoms with E-state index in [-0.39, 0.29) is 18.4 Å². The lowest BCUT2D eigenvalue weighted by Gasteiger charge is -2.31. The molecule has 1 fully saturated rings. The molecule has 2 N–H and O–H groups in total. The number of carbonyl (C=O) groups is 2. The predicted octanol–water partition coefficient (Wildman–Crippen LogP) is -0.659. The van der Waals surface area contributed by atoms with Gasteiger partial charge in [-0.05, 0) is 23.8 Å². The van der Waals surface area contributed by atoms with Gasteiger partial charge in [-0.25, -0.2) is 13.2 Å². The average Bonchev–Trinajstić information content (AvgIpc) is 3.16. The second kappa shape index (κ2) is 9.63. The van der Waals surface area contributed by atoms with Crippen molar-refractivity contribution in [3.63, 3.8) is 0 Å². The molecule has 0 aliphatic carbocycles. The van der Waals surface area contributed by atoms with E-state index in [0.29, 0.717) is 36.8 Å². The predicted molar refractivity (Wildman–Crippen MR) is 102 cm³/mol. The number of piperazine rings is 1. The molecule has 0 radical (unpaired) electrons. The Morgan fingerprint density at radius 2 is 2.00 bits per heavy atom. The number of rotatable bonds is 8. The molecule has 0 bridgehead atoms. The van der Waals surface area contributed by atoms with Crippen molar-refractivity contribution in [2.24, 2.45) is 5.92 Å². The maximum Gasteiger partial charge on any atom is 0.328 e. The van der Waals surface area contributed by atoms with E-state index >= 15 is 0 Å². The molecule has 2 heterocycles. The Hall–Kier alpha value is -1.49. The first kappa shape index (κ1) is 21.8. The van der Waals surface area contributed by atoms with E-state index in [2.05, 4.69) is 5.32 Å². The van der Waals surface area contributed by atoms with Gasteiger partial charge in [-0.3, -0.25) is 4.79 Å². The summed E-state index contributed by atoms with van der Waals surface area (Å²) in [6.45, 7) is 5.99. The van der Waals surface area contributed by atoms with E-state index in [1.165, 1.54) is 22.8 Å². The Labute approximate surface area is 164 Å². The summed E-state index contributed by atoms with van der Waals surface area (Å²) in [6.07, 6.45) is 0.514. The molecule has 1 aliphatic rings. The molecule has 0 saturated carbocycles. The Kier molecular flexibility index (Phi) is 7.78. The van der Waals surface area contributed by atoms with Crippen LogP contribution in [0, 0.1) is 5.92 Å². The van der Waals surface area contributed by atoms with Crippen molar-refractivity contribution < 1.29 is 27.6 Å². The summed E-state index contributed by atoms with van der Waals surface area (Å²) in [5.74, 6) is -0.428. The minimum atomic E-state index is -3.44. The van der Waals surface area contributed by atoms with E-state index in [4.69, 9.17) is 4.74 Å². The molecule has 0 aromatic carbocycles. The van der Waals surface area contributed by atoms with Gasteiger partial charge in [0.25, 0.3) is 15.9 Å². The van der Waals surface area contributed by atoms with Crippen LogP contribution in [-0.2, 0) is 24.3 Å². The highest BCUT2D eigenvalue weighted by molar-refractivity contribution is 7.91. The van der Waals surface area contributed by atoms with Crippen LogP contribution in [0.4, 0.5) is 0 Å².